The number of benzene rings is 1. The molecule has 3 heteroatoms. The van der Waals surface area contributed by atoms with Gasteiger partial charge in [-0.3, -0.25) is 0 Å². The van der Waals surface area contributed by atoms with Crippen LogP contribution in [0.5, 0.6) is 0 Å². The van der Waals surface area contributed by atoms with Gasteiger partial charge in [-0.05, 0) is 39.8 Å². The molecule has 0 saturated heterocycles. The molecule has 0 unspecified atom stereocenters. The van der Waals surface area contributed by atoms with Gasteiger partial charge < -0.3 is 5.32 Å². The fourth-order valence-corrected chi connectivity index (χ4v) is 2.30. The first-order chi connectivity index (χ1) is 9.61. The van der Waals surface area contributed by atoms with Crippen molar-refractivity contribution in [3.05, 3.63) is 46.8 Å². The fourth-order valence-electron chi connectivity index (χ4n) is 2.30. The Bertz CT molecular complexity index is 568. The van der Waals surface area contributed by atoms with Crippen LogP contribution in [0.2, 0.25) is 0 Å². The molecular formula is C17H23N3. The highest BCUT2D eigenvalue weighted by atomic mass is 14.9. The Morgan fingerprint density at radius 2 is 1.75 bits per heavy atom. The van der Waals surface area contributed by atoms with Gasteiger partial charge in [0.1, 0.15) is 0 Å². The second-order valence-electron chi connectivity index (χ2n) is 5.24. The summed E-state index contributed by atoms with van der Waals surface area (Å²) in [6, 6.07) is 8.33. The normalized spacial score (nSPS) is 10.8. The molecule has 0 fully saturated rings. The molecule has 2 aromatic rings. The first-order valence-electron chi connectivity index (χ1n) is 7.23. The quantitative estimate of drug-likeness (QED) is 0.843. The molecule has 2 rings (SSSR count). The van der Waals surface area contributed by atoms with Crippen molar-refractivity contribution in [3.63, 3.8) is 0 Å². The average molecular weight is 269 g/mol. The molecule has 0 atom stereocenters. The second kappa shape index (κ2) is 6.62. The Labute approximate surface area is 121 Å². The van der Waals surface area contributed by atoms with Crippen LogP contribution in [-0.4, -0.2) is 16.5 Å². The second-order valence-corrected chi connectivity index (χ2v) is 5.24. The predicted molar refractivity (Wildman–Crippen MR) is 83.7 cm³/mol. The van der Waals surface area contributed by atoms with Crippen LogP contribution in [0.4, 0.5) is 0 Å². The first-order valence-corrected chi connectivity index (χ1v) is 7.23. The van der Waals surface area contributed by atoms with Crippen LogP contribution in [0.15, 0.2) is 24.3 Å². The van der Waals surface area contributed by atoms with Crippen LogP contribution in [0.3, 0.4) is 0 Å². The maximum Gasteiger partial charge on any atom is 0.159 e. The molecule has 0 aliphatic heterocycles. The molecule has 1 N–H and O–H groups in total. The van der Waals surface area contributed by atoms with Crippen LogP contribution in [0, 0.1) is 20.8 Å². The molecule has 0 aliphatic carbocycles. The molecule has 0 spiro atoms. The minimum atomic E-state index is 0.822. The van der Waals surface area contributed by atoms with E-state index in [9.17, 15) is 0 Å². The van der Waals surface area contributed by atoms with Gasteiger partial charge in [0.15, 0.2) is 5.82 Å². The number of nitrogens with zero attached hydrogens (tertiary/aromatic N) is 2. The first kappa shape index (κ1) is 14.7. The van der Waals surface area contributed by atoms with Gasteiger partial charge in [0.2, 0.25) is 0 Å². The van der Waals surface area contributed by atoms with Gasteiger partial charge in [-0.1, -0.05) is 30.7 Å². The van der Waals surface area contributed by atoms with Gasteiger partial charge in [-0.25, -0.2) is 9.97 Å². The van der Waals surface area contributed by atoms with E-state index in [1.54, 1.807) is 0 Å². The minimum Gasteiger partial charge on any atom is -0.313 e. The molecule has 1 aromatic heterocycles. The summed E-state index contributed by atoms with van der Waals surface area (Å²) in [6.45, 7) is 10.3. The summed E-state index contributed by atoms with van der Waals surface area (Å²) >= 11 is 0. The number of hydrogen-bond acceptors (Lipinski definition) is 3. The van der Waals surface area contributed by atoms with Crippen LogP contribution in [-0.2, 0) is 6.54 Å². The summed E-state index contributed by atoms with van der Waals surface area (Å²) in [6.07, 6.45) is 1.14. The summed E-state index contributed by atoms with van der Waals surface area (Å²) in [5.74, 6) is 0.822. The van der Waals surface area contributed by atoms with Crippen molar-refractivity contribution < 1.29 is 0 Å². The summed E-state index contributed by atoms with van der Waals surface area (Å²) in [4.78, 5) is 9.35. The van der Waals surface area contributed by atoms with Crippen molar-refractivity contribution >= 4 is 0 Å². The number of aryl methyl sites for hydroxylation is 3. The molecule has 1 aromatic carbocycles. The van der Waals surface area contributed by atoms with Crippen LogP contribution >= 0.6 is 0 Å². The number of aromatic nitrogens is 2. The Hall–Kier alpha value is -1.74. The summed E-state index contributed by atoms with van der Waals surface area (Å²) in [5.41, 5.74) is 5.67. The number of nitrogens with one attached hydrogen (secondary N) is 1. The topological polar surface area (TPSA) is 37.8 Å². The van der Waals surface area contributed by atoms with E-state index >= 15 is 0 Å². The van der Waals surface area contributed by atoms with Gasteiger partial charge in [0.25, 0.3) is 0 Å². The highest BCUT2D eigenvalue weighted by molar-refractivity contribution is 5.56. The van der Waals surface area contributed by atoms with Crippen LogP contribution in [0.25, 0.3) is 11.4 Å². The van der Waals surface area contributed by atoms with Gasteiger partial charge >= 0.3 is 0 Å². The molecule has 106 valence electrons. The molecular weight excluding hydrogens is 246 g/mol. The monoisotopic (exact) mass is 269 g/mol. The predicted octanol–water partition coefficient (Wildman–Crippen LogP) is 3.57. The molecule has 0 amide bonds. The van der Waals surface area contributed by atoms with Crippen molar-refractivity contribution in [1.82, 2.24) is 15.3 Å². The van der Waals surface area contributed by atoms with Crippen molar-refractivity contribution in [3.8, 4) is 11.4 Å². The van der Waals surface area contributed by atoms with E-state index in [2.05, 4.69) is 67.2 Å². The smallest absolute Gasteiger partial charge is 0.159 e. The minimum absolute atomic E-state index is 0.822. The van der Waals surface area contributed by atoms with Gasteiger partial charge in [-0.15, -0.1) is 0 Å². The van der Waals surface area contributed by atoms with Crippen molar-refractivity contribution in [2.24, 2.45) is 0 Å². The van der Waals surface area contributed by atoms with Gasteiger partial charge in [-0.2, -0.15) is 0 Å². The molecule has 3 nitrogen and oxygen atoms in total. The van der Waals surface area contributed by atoms with E-state index in [1.807, 2.05) is 0 Å². The van der Waals surface area contributed by atoms with Crippen molar-refractivity contribution in [2.75, 3.05) is 6.54 Å². The molecule has 20 heavy (non-hydrogen) atoms. The third kappa shape index (κ3) is 3.42. The Balaban J connectivity index is 2.30. The third-order valence-electron chi connectivity index (χ3n) is 3.43. The zero-order chi connectivity index (χ0) is 14.5. The van der Waals surface area contributed by atoms with E-state index in [0.717, 1.165) is 42.3 Å². The molecule has 0 radical (unpaired) electrons. The molecule has 0 saturated carbocycles. The third-order valence-corrected chi connectivity index (χ3v) is 3.43. The molecule has 0 aliphatic rings. The van der Waals surface area contributed by atoms with E-state index in [-0.39, 0.29) is 0 Å². The van der Waals surface area contributed by atoms with Crippen LogP contribution in [0.1, 0.15) is 35.9 Å². The Kier molecular flexibility index (Phi) is 4.85. The zero-order valence-electron chi connectivity index (χ0n) is 12.8. The van der Waals surface area contributed by atoms with E-state index in [0.29, 0.717) is 0 Å². The lowest BCUT2D eigenvalue weighted by atomic mass is 10.1. The summed E-state index contributed by atoms with van der Waals surface area (Å²) in [5, 5.41) is 3.42. The highest BCUT2D eigenvalue weighted by Gasteiger charge is 2.09. The summed E-state index contributed by atoms with van der Waals surface area (Å²) in [7, 11) is 0. The zero-order valence-corrected chi connectivity index (χ0v) is 12.8. The maximum absolute atomic E-state index is 4.67. The SMILES string of the molecule is CCCNCc1c(C)nc(-c2cccc(C)c2)nc1C. The summed E-state index contributed by atoms with van der Waals surface area (Å²) < 4.78 is 0. The van der Waals surface area contributed by atoms with Crippen molar-refractivity contribution in [2.45, 2.75) is 40.7 Å². The molecule has 0 bridgehead atoms. The lowest BCUT2D eigenvalue weighted by Crippen LogP contribution is -2.17. The Morgan fingerprint density at radius 3 is 2.35 bits per heavy atom. The fraction of sp³-hybridized carbons (Fsp3) is 0.412. The van der Waals surface area contributed by atoms with E-state index in [1.165, 1.54) is 11.1 Å². The Morgan fingerprint density at radius 1 is 1.05 bits per heavy atom. The number of hydrogen-bond donors (Lipinski definition) is 1. The standard InChI is InChI=1S/C17H23N3/c1-5-9-18-11-16-13(3)19-17(20-14(16)4)15-8-6-7-12(2)10-15/h6-8,10,18H,5,9,11H2,1-4H3. The van der Waals surface area contributed by atoms with Gasteiger partial charge in [0.05, 0.1) is 0 Å². The van der Waals surface area contributed by atoms with E-state index in [4.69, 9.17) is 0 Å². The molecule has 1 heterocycles. The van der Waals surface area contributed by atoms with E-state index < -0.39 is 0 Å². The van der Waals surface area contributed by atoms with Crippen molar-refractivity contribution in [1.29, 1.82) is 0 Å². The van der Waals surface area contributed by atoms with Gasteiger partial charge in [0, 0.05) is 29.1 Å². The highest BCUT2D eigenvalue weighted by Crippen LogP contribution is 2.19. The lowest BCUT2D eigenvalue weighted by Gasteiger charge is -2.12. The number of rotatable bonds is 5. The lowest BCUT2D eigenvalue weighted by molar-refractivity contribution is 0.665. The average Bonchev–Trinajstić information content (AvgIpc) is 2.41. The largest absolute Gasteiger partial charge is 0.313 e. The van der Waals surface area contributed by atoms with Crippen LogP contribution < -0.4 is 5.32 Å². The maximum atomic E-state index is 4.67.